The van der Waals surface area contributed by atoms with Crippen LogP contribution >= 0.6 is 0 Å². The number of Topliss-reactive ketones (excluding diaryl/α,β-unsaturated/α-hetero) is 1. The van der Waals surface area contributed by atoms with Gasteiger partial charge >= 0.3 is 0 Å². The first kappa shape index (κ1) is 21.2. The highest BCUT2D eigenvalue weighted by molar-refractivity contribution is 6.46. The average molecular weight is 457 g/mol. The van der Waals surface area contributed by atoms with Gasteiger partial charge in [0.15, 0.2) is 0 Å². The standard InChI is InChI=1S/C25H19N3O6/c29-23(15-7-9-17(10-8-15)28(32)33)21-22(20-6-3-13-34-20)27(25(31)24(21)30)12-11-16-14-26-19-5-2-1-4-18(16)19/h1-10,13-14,22,26,29H,11-12H2/b23-21-. The van der Waals surface area contributed by atoms with Crippen LogP contribution in [0.5, 0.6) is 0 Å². The van der Waals surface area contributed by atoms with E-state index >= 15 is 0 Å². The first-order chi connectivity index (χ1) is 16.5. The van der Waals surface area contributed by atoms with Crippen molar-refractivity contribution in [1.29, 1.82) is 0 Å². The number of rotatable bonds is 6. The molecule has 0 aliphatic carbocycles. The summed E-state index contributed by atoms with van der Waals surface area (Å²) in [7, 11) is 0. The number of H-pyrrole nitrogens is 1. The highest BCUT2D eigenvalue weighted by atomic mass is 16.6. The van der Waals surface area contributed by atoms with Gasteiger partial charge in [-0.1, -0.05) is 18.2 Å². The topological polar surface area (TPSA) is 130 Å². The van der Waals surface area contributed by atoms with Gasteiger partial charge in [0.1, 0.15) is 17.6 Å². The first-order valence-corrected chi connectivity index (χ1v) is 10.6. The van der Waals surface area contributed by atoms with Crippen LogP contribution in [0, 0.1) is 10.1 Å². The molecule has 2 N–H and O–H groups in total. The molecule has 1 atom stereocenters. The number of aromatic amines is 1. The fourth-order valence-corrected chi connectivity index (χ4v) is 4.33. The van der Waals surface area contributed by atoms with Gasteiger partial charge in [-0.3, -0.25) is 19.7 Å². The Bertz CT molecular complexity index is 1430. The molecule has 0 radical (unpaired) electrons. The number of nitrogens with one attached hydrogen (secondary N) is 1. The Hall–Kier alpha value is -4.66. The van der Waals surface area contributed by atoms with E-state index < -0.39 is 28.4 Å². The van der Waals surface area contributed by atoms with Gasteiger partial charge in [0.25, 0.3) is 17.4 Å². The number of hydrogen-bond acceptors (Lipinski definition) is 6. The molecule has 5 rings (SSSR count). The van der Waals surface area contributed by atoms with Crippen LogP contribution in [0.3, 0.4) is 0 Å². The predicted octanol–water partition coefficient (Wildman–Crippen LogP) is 4.33. The number of nitro benzene ring substituents is 1. The Kier molecular flexibility index (Phi) is 5.21. The maximum atomic E-state index is 13.0. The van der Waals surface area contributed by atoms with Crippen LogP contribution < -0.4 is 0 Å². The molecule has 4 aromatic rings. The summed E-state index contributed by atoms with van der Waals surface area (Å²) in [6.45, 7) is 0.217. The summed E-state index contributed by atoms with van der Waals surface area (Å²) in [5.41, 5.74) is 1.88. The molecule has 0 spiro atoms. The Labute approximate surface area is 193 Å². The van der Waals surface area contributed by atoms with Crippen LogP contribution in [0.15, 0.2) is 83.1 Å². The zero-order valence-electron chi connectivity index (χ0n) is 17.8. The van der Waals surface area contributed by atoms with E-state index in [2.05, 4.69) is 4.98 Å². The third kappa shape index (κ3) is 3.53. The third-order valence-electron chi connectivity index (χ3n) is 6.00. The Morgan fingerprint density at radius 2 is 1.85 bits per heavy atom. The van der Waals surface area contributed by atoms with Gasteiger partial charge in [-0.05, 0) is 42.3 Å². The molecule has 2 aromatic heterocycles. The quantitative estimate of drug-likeness (QED) is 0.146. The molecule has 9 nitrogen and oxygen atoms in total. The number of nitrogens with zero attached hydrogens (tertiary/aromatic N) is 2. The number of furan rings is 1. The Morgan fingerprint density at radius 3 is 2.56 bits per heavy atom. The maximum Gasteiger partial charge on any atom is 0.295 e. The summed E-state index contributed by atoms with van der Waals surface area (Å²) in [5.74, 6) is -1.66. The number of fused-ring (bicyclic) bond motifs is 1. The summed E-state index contributed by atoms with van der Waals surface area (Å²) in [5, 5.41) is 23.0. The van der Waals surface area contributed by atoms with E-state index in [-0.39, 0.29) is 23.4 Å². The smallest absolute Gasteiger partial charge is 0.295 e. The van der Waals surface area contributed by atoms with Gasteiger partial charge in [0.05, 0.1) is 16.8 Å². The van der Waals surface area contributed by atoms with E-state index in [1.165, 1.54) is 35.4 Å². The molecule has 0 bridgehead atoms. The molecule has 1 aliphatic rings. The highest BCUT2D eigenvalue weighted by Gasteiger charge is 2.47. The molecule has 1 saturated heterocycles. The second-order valence-corrected chi connectivity index (χ2v) is 7.92. The number of carbonyl (C=O) groups excluding carboxylic acids is 2. The fraction of sp³-hybridized carbons (Fsp3) is 0.120. The average Bonchev–Trinajstić information content (AvgIpc) is 3.57. The number of aliphatic hydroxyl groups excluding tert-OH is 1. The van der Waals surface area contributed by atoms with Crippen molar-refractivity contribution in [3.63, 3.8) is 0 Å². The van der Waals surface area contributed by atoms with Crippen molar-refractivity contribution in [3.8, 4) is 0 Å². The van der Waals surface area contributed by atoms with Gasteiger partial charge < -0.3 is 19.4 Å². The van der Waals surface area contributed by atoms with Crippen molar-refractivity contribution in [2.75, 3.05) is 6.54 Å². The highest BCUT2D eigenvalue weighted by Crippen LogP contribution is 2.40. The van der Waals surface area contributed by atoms with Gasteiger partial charge in [-0.2, -0.15) is 0 Å². The molecule has 1 unspecified atom stereocenters. The van der Waals surface area contributed by atoms with E-state index in [9.17, 15) is 24.8 Å². The molecule has 3 heterocycles. The number of aromatic nitrogens is 1. The SMILES string of the molecule is O=C1C(=O)N(CCc2c[nH]c3ccccc23)C(c2ccco2)/C1=C(/O)c1ccc([N+](=O)[O-])cc1. The van der Waals surface area contributed by atoms with Gasteiger partial charge in [-0.15, -0.1) is 0 Å². The monoisotopic (exact) mass is 457 g/mol. The summed E-state index contributed by atoms with van der Waals surface area (Å²) in [4.78, 5) is 41.0. The molecule has 9 heteroatoms. The van der Waals surface area contributed by atoms with Crippen LogP contribution in [0.1, 0.15) is 22.9 Å². The van der Waals surface area contributed by atoms with Crippen LogP contribution in [-0.4, -0.2) is 38.1 Å². The lowest BCUT2D eigenvalue weighted by atomic mass is 9.99. The normalized spacial score (nSPS) is 17.5. The van der Waals surface area contributed by atoms with Crippen LogP contribution in [0.25, 0.3) is 16.7 Å². The molecule has 0 saturated carbocycles. The number of nitro groups is 1. The van der Waals surface area contributed by atoms with Gasteiger partial charge in [-0.25, -0.2) is 0 Å². The zero-order chi connectivity index (χ0) is 23.8. The third-order valence-corrected chi connectivity index (χ3v) is 6.00. The number of non-ortho nitro benzene ring substituents is 1. The summed E-state index contributed by atoms with van der Waals surface area (Å²) in [6.07, 6.45) is 3.78. The second-order valence-electron chi connectivity index (χ2n) is 7.92. The second kappa shape index (κ2) is 8.36. The number of aliphatic hydroxyl groups is 1. The summed E-state index contributed by atoms with van der Waals surface area (Å²) in [6, 6.07) is 15.3. The summed E-state index contributed by atoms with van der Waals surface area (Å²) >= 11 is 0. The van der Waals surface area contributed by atoms with E-state index in [0.717, 1.165) is 16.5 Å². The van der Waals surface area contributed by atoms with Crippen molar-refractivity contribution in [2.24, 2.45) is 0 Å². The van der Waals surface area contributed by atoms with Crippen molar-refractivity contribution < 1.29 is 24.0 Å². The molecule has 170 valence electrons. The molecular weight excluding hydrogens is 438 g/mol. The minimum Gasteiger partial charge on any atom is -0.507 e. The largest absolute Gasteiger partial charge is 0.507 e. The molecule has 1 aliphatic heterocycles. The number of carbonyl (C=O) groups is 2. The lowest BCUT2D eigenvalue weighted by Gasteiger charge is -2.23. The van der Waals surface area contributed by atoms with E-state index in [0.29, 0.717) is 12.2 Å². The van der Waals surface area contributed by atoms with Crippen molar-refractivity contribution in [2.45, 2.75) is 12.5 Å². The van der Waals surface area contributed by atoms with Gasteiger partial charge in [0.2, 0.25) is 0 Å². The predicted molar refractivity (Wildman–Crippen MR) is 123 cm³/mol. The van der Waals surface area contributed by atoms with Crippen molar-refractivity contribution >= 4 is 34.0 Å². The Morgan fingerprint density at radius 1 is 1.09 bits per heavy atom. The van der Waals surface area contributed by atoms with Crippen LogP contribution in [0.4, 0.5) is 5.69 Å². The van der Waals surface area contributed by atoms with Crippen molar-refractivity contribution in [3.05, 3.63) is 106 Å². The molecule has 1 fully saturated rings. The fourth-order valence-electron chi connectivity index (χ4n) is 4.33. The lowest BCUT2D eigenvalue weighted by molar-refractivity contribution is -0.384. The minimum absolute atomic E-state index is 0.118. The molecule has 1 amide bonds. The van der Waals surface area contributed by atoms with Crippen LogP contribution in [-0.2, 0) is 16.0 Å². The number of amides is 1. The van der Waals surface area contributed by atoms with E-state index in [1.54, 1.807) is 12.1 Å². The number of benzene rings is 2. The molecular formula is C25H19N3O6. The number of ketones is 1. The number of para-hydroxylation sites is 1. The van der Waals surface area contributed by atoms with E-state index in [4.69, 9.17) is 4.42 Å². The van der Waals surface area contributed by atoms with Crippen LogP contribution in [0.2, 0.25) is 0 Å². The Balaban J connectivity index is 1.52. The maximum absolute atomic E-state index is 13.0. The van der Waals surface area contributed by atoms with Crippen molar-refractivity contribution in [1.82, 2.24) is 9.88 Å². The minimum atomic E-state index is -0.921. The molecule has 34 heavy (non-hydrogen) atoms. The number of hydrogen-bond donors (Lipinski definition) is 2. The number of likely N-dealkylation sites (tertiary alicyclic amines) is 1. The zero-order valence-corrected chi connectivity index (χ0v) is 17.8. The lowest BCUT2D eigenvalue weighted by Crippen LogP contribution is -2.31. The molecule has 2 aromatic carbocycles. The van der Waals surface area contributed by atoms with Gasteiger partial charge in [0, 0.05) is 41.3 Å². The van der Waals surface area contributed by atoms with E-state index in [1.807, 2.05) is 30.5 Å². The summed E-state index contributed by atoms with van der Waals surface area (Å²) < 4.78 is 5.53. The first-order valence-electron chi connectivity index (χ1n) is 10.6.